The molecule has 2 bridgehead atoms. The average Bonchev–Trinajstić information content (AvgIpc) is 3.26. The number of benzene rings is 1. The minimum absolute atomic E-state index is 0.0168. The second-order valence-electron chi connectivity index (χ2n) is 8.43. The quantitative estimate of drug-likeness (QED) is 0.790. The first-order valence-electron chi connectivity index (χ1n) is 10.9. The van der Waals surface area contributed by atoms with Gasteiger partial charge in [0.1, 0.15) is 5.75 Å². The molecule has 160 valence electrons. The first-order valence-corrected chi connectivity index (χ1v) is 11.7. The SMILES string of the molecule is CC1C(NC(=O)c2ccc(Oc3ccc(N4CCOCC4)cc3)s2)C2CCN1CC2. The molecule has 4 saturated heterocycles. The van der Waals surface area contributed by atoms with Crippen LogP contribution in [0.15, 0.2) is 36.4 Å². The molecule has 0 saturated carbocycles. The summed E-state index contributed by atoms with van der Waals surface area (Å²) in [7, 11) is 0. The number of hydrogen-bond donors (Lipinski definition) is 1. The van der Waals surface area contributed by atoms with Crippen LogP contribution >= 0.6 is 11.3 Å². The predicted molar refractivity (Wildman–Crippen MR) is 119 cm³/mol. The number of ether oxygens (including phenoxy) is 2. The number of nitrogens with one attached hydrogen (secondary N) is 1. The largest absolute Gasteiger partial charge is 0.447 e. The first-order chi connectivity index (χ1) is 14.7. The van der Waals surface area contributed by atoms with E-state index >= 15 is 0 Å². The molecule has 2 aromatic rings. The van der Waals surface area contributed by atoms with Crippen LogP contribution in [-0.4, -0.2) is 62.3 Å². The van der Waals surface area contributed by atoms with E-state index in [4.69, 9.17) is 9.47 Å². The minimum Gasteiger partial charge on any atom is -0.447 e. The number of rotatable bonds is 5. The molecular weight excluding hydrogens is 398 g/mol. The fourth-order valence-corrected chi connectivity index (χ4v) is 5.71. The van der Waals surface area contributed by atoms with Crippen molar-refractivity contribution in [2.24, 2.45) is 5.92 Å². The summed E-state index contributed by atoms with van der Waals surface area (Å²) in [5.41, 5.74) is 1.18. The van der Waals surface area contributed by atoms with Gasteiger partial charge in [-0.3, -0.25) is 9.69 Å². The second kappa shape index (κ2) is 8.57. The van der Waals surface area contributed by atoms with Crippen molar-refractivity contribution < 1.29 is 14.3 Å². The average molecular weight is 428 g/mol. The van der Waals surface area contributed by atoms with Crippen molar-refractivity contribution in [3.8, 4) is 10.8 Å². The number of morpholine rings is 1. The maximum atomic E-state index is 12.8. The Kier molecular flexibility index (Phi) is 5.67. The van der Waals surface area contributed by atoms with Gasteiger partial charge in [-0.15, -0.1) is 0 Å². The summed E-state index contributed by atoms with van der Waals surface area (Å²) in [6, 6.07) is 12.5. The van der Waals surface area contributed by atoms with Gasteiger partial charge in [0.25, 0.3) is 5.91 Å². The van der Waals surface area contributed by atoms with Gasteiger partial charge in [-0.1, -0.05) is 11.3 Å². The van der Waals surface area contributed by atoms with E-state index < -0.39 is 0 Å². The third-order valence-corrected chi connectivity index (χ3v) is 7.67. The first kappa shape index (κ1) is 19.8. The zero-order valence-electron chi connectivity index (χ0n) is 17.4. The molecule has 4 aliphatic heterocycles. The number of anilines is 1. The highest BCUT2D eigenvalue weighted by molar-refractivity contribution is 7.15. The Morgan fingerprint density at radius 3 is 2.50 bits per heavy atom. The van der Waals surface area contributed by atoms with Gasteiger partial charge < -0.3 is 19.7 Å². The number of thiophene rings is 1. The van der Waals surface area contributed by atoms with Gasteiger partial charge in [-0.25, -0.2) is 0 Å². The Balaban J connectivity index is 1.19. The molecule has 1 amide bonds. The number of piperidine rings is 3. The maximum absolute atomic E-state index is 12.8. The summed E-state index contributed by atoms with van der Waals surface area (Å²) in [4.78, 5) is 18.3. The Morgan fingerprint density at radius 1 is 1.07 bits per heavy atom. The monoisotopic (exact) mass is 427 g/mol. The van der Waals surface area contributed by atoms with Crippen molar-refractivity contribution in [2.45, 2.75) is 31.8 Å². The van der Waals surface area contributed by atoms with Gasteiger partial charge in [0.05, 0.1) is 18.1 Å². The number of amides is 1. The van der Waals surface area contributed by atoms with Crippen LogP contribution in [0.3, 0.4) is 0 Å². The number of carbonyl (C=O) groups excluding carboxylic acids is 1. The van der Waals surface area contributed by atoms with Gasteiger partial charge >= 0.3 is 0 Å². The van der Waals surface area contributed by atoms with Crippen molar-refractivity contribution in [1.82, 2.24) is 10.2 Å². The highest BCUT2D eigenvalue weighted by Crippen LogP contribution is 2.34. The molecule has 0 spiro atoms. The molecule has 30 heavy (non-hydrogen) atoms. The molecule has 1 aromatic heterocycles. The zero-order valence-corrected chi connectivity index (χ0v) is 18.2. The van der Waals surface area contributed by atoms with Crippen molar-refractivity contribution in [3.63, 3.8) is 0 Å². The minimum atomic E-state index is 0.0168. The van der Waals surface area contributed by atoms with Crippen molar-refractivity contribution >= 4 is 22.9 Å². The van der Waals surface area contributed by atoms with Crippen LogP contribution in [0.25, 0.3) is 0 Å². The van der Waals surface area contributed by atoms with Gasteiger partial charge in [0.2, 0.25) is 0 Å². The van der Waals surface area contributed by atoms with Crippen LogP contribution in [0.2, 0.25) is 0 Å². The molecule has 1 N–H and O–H groups in total. The molecule has 1 aromatic carbocycles. The Bertz CT molecular complexity index is 868. The summed E-state index contributed by atoms with van der Waals surface area (Å²) < 4.78 is 11.4. The maximum Gasteiger partial charge on any atom is 0.261 e. The molecule has 4 aliphatic rings. The van der Waals surface area contributed by atoms with E-state index in [9.17, 15) is 4.79 Å². The van der Waals surface area contributed by atoms with E-state index in [1.807, 2.05) is 24.3 Å². The van der Waals surface area contributed by atoms with Crippen LogP contribution in [0, 0.1) is 5.92 Å². The lowest BCUT2D eigenvalue weighted by Gasteiger charge is -2.49. The lowest BCUT2D eigenvalue weighted by atomic mass is 9.79. The van der Waals surface area contributed by atoms with E-state index in [-0.39, 0.29) is 11.9 Å². The fraction of sp³-hybridized carbons (Fsp3) is 0.522. The van der Waals surface area contributed by atoms with Crippen LogP contribution in [-0.2, 0) is 4.74 Å². The van der Waals surface area contributed by atoms with Crippen LogP contribution in [0.4, 0.5) is 5.69 Å². The fourth-order valence-electron chi connectivity index (χ4n) is 4.93. The Hall–Kier alpha value is -2.09. The highest BCUT2D eigenvalue weighted by Gasteiger charge is 2.40. The van der Waals surface area contributed by atoms with Crippen LogP contribution < -0.4 is 15.0 Å². The zero-order chi connectivity index (χ0) is 20.5. The summed E-state index contributed by atoms with van der Waals surface area (Å²) in [6.07, 6.45) is 2.38. The van der Waals surface area contributed by atoms with Crippen molar-refractivity contribution in [3.05, 3.63) is 41.3 Å². The lowest BCUT2D eigenvalue weighted by molar-refractivity contribution is 0.0218. The summed E-state index contributed by atoms with van der Waals surface area (Å²) >= 11 is 1.40. The second-order valence-corrected chi connectivity index (χ2v) is 9.47. The highest BCUT2D eigenvalue weighted by atomic mass is 32.1. The molecular formula is C23H29N3O3S. The van der Waals surface area contributed by atoms with E-state index in [0.29, 0.717) is 16.8 Å². The molecule has 6 rings (SSSR count). The Labute approximate surface area is 181 Å². The number of hydrogen-bond acceptors (Lipinski definition) is 6. The van der Waals surface area contributed by atoms with Gasteiger partial charge in [-0.05, 0) is 75.2 Å². The summed E-state index contributed by atoms with van der Waals surface area (Å²) in [5, 5.41) is 4.03. The van der Waals surface area contributed by atoms with Gasteiger partial charge in [0.15, 0.2) is 5.06 Å². The van der Waals surface area contributed by atoms with Crippen LogP contribution in [0.5, 0.6) is 10.8 Å². The molecule has 2 unspecified atom stereocenters. The smallest absolute Gasteiger partial charge is 0.261 e. The third kappa shape index (κ3) is 4.06. The van der Waals surface area contributed by atoms with Crippen LogP contribution in [0.1, 0.15) is 29.4 Å². The molecule has 0 radical (unpaired) electrons. The van der Waals surface area contributed by atoms with E-state index in [0.717, 1.165) is 37.1 Å². The molecule has 4 fully saturated rings. The number of carbonyl (C=O) groups is 1. The number of nitrogens with zero attached hydrogens (tertiary/aromatic N) is 2. The molecule has 6 nitrogen and oxygen atoms in total. The van der Waals surface area contributed by atoms with Crippen molar-refractivity contribution in [2.75, 3.05) is 44.3 Å². The van der Waals surface area contributed by atoms with E-state index in [2.05, 4.69) is 34.2 Å². The molecule has 5 heterocycles. The van der Waals surface area contributed by atoms with Crippen molar-refractivity contribution in [1.29, 1.82) is 0 Å². The molecule has 0 aliphatic carbocycles. The predicted octanol–water partition coefficient (Wildman–Crippen LogP) is 3.59. The summed E-state index contributed by atoms with van der Waals surface area (Å²) in [6.45, 7) is 7.95. The number of fused-ring (bicyclic) bond motifs is 3. The lowest BCUT2D eigenvalue weighted by Crippen LogP contribution is -2.62. The summed E-state index contributed by atoms with van der Waals surface area (Å²) in [5.74, 6) is 1.41. The standard InChI is InChI=1S/C23H29N3O3S/c1-16-22(17-8-10-25(16)11-9-17)24-23(27)20-6-7-21(30-20)29-19-4-2-18(3-5-19)26-12-14-28-15-13-26/h2-7,16-17,22H,8-15H2,1H3,(H,24,27). The van der Waals surface area contributed by atoms with E-state index in [1.54, 1.807) is 0 Å². The molecule has 2 atom stereocenters. The Morgan fingerprint density at radius 2 is 1.80 bits per heavy atom. The van der Waals surface area contributed by atoms with Gasteiger partial charge in [0, 0.05) is 30.9 Å². The molecule has 7 heteroatoms. The van der Waals surface area contributed by atoms with E-state index in [1.165, 1.54) is 43.0 Å². The third-order valence-electron chi connectivity index (χ3n) is 6.71. The van der Waals surface area contributed by atoms with Gasteiger partial charge in [-0.2, -0.15) is 0 Å². The normalized spacial score (nSPS) is 28.4. The topological polar surface area (TPSA) is 54.0 Å².